The maximum Gasteiger partial charge on any atom is 0.272 e. The normalized spacial score (nSPS) is 9.68. The van der Waals surface area contributed by atoms with Gasteiger partial charge in [0.2, 0.25) is 0 Å². The highest BCUT2D eigenvalue weighted by molar-refractivity contribution is 5.67. The van der Waals surface area contributed by atoms with E-state index in [4.69, 9.17) is 22.0 Å². The van der Waals surface area contributed by atoms with E-state index in [1.165, 1.54) is 37.8 Å². The zero-order valence-electron chi connectivity index (χ0n) is 18.2. The van der Waals surface area contributed by atoms with Crippen LogP contribution in [0.15, 0.2) is 36.4 Å². The van der Waals surface area contributed by atoms with Crippen LogP contribution in [-0.2, 0) is 0 Å². The van der Waals surface area contributed by atoms with Crippen LogP contribution in [0.3, 0.4) is 0 Å². The van der Waals surface area contributed by atoms with Crippen molar-refractivity contribution < 1.29 is 4.92 Å². The molecule has 0 saturated carbocycles. The number of unbranched alkanes of at least 4 members (excludes halogenated alkanes) is 3. The van der Waals surface area contributed by atoms with E-state index in [1.807, 2.05) is 12.1 Å². The van der Waals surface area contributed by atoms with Crippen molar-refractivity contribution in [3.63, 3.8) is 0 Å². The van der Waals surface area contributed by atoms with Gasteiger partial charge in [-0.25, -0.2) is 0 Å². The van der Waals surface area contributed by atoms with Crippen molar-refractivity contribution in [3.8, 4) is 12.1 Å². The minimum absolute atomic E-state index is 0.0272. The lowest BCUT2D eigenvalue weighted by Gasteiger charge is -2.24. The Bertz CT molecular complexity index is 894. The zero-order valence-corrected chi connectivity index (χ0v) is 18.2. The Morgan fingerprint density at radius 3 is 1.97 bits per heavy atom. The van der Waals surface area contributed by atoms with Gasteiger partial charge in [0.05, 0.1) is 21.7 Å². The molecule has 4 N–H and O–H groups in total. The van der Waals surface area contributed by atoms with Crippen LogP contribution in [0, 0.1) is 32.8 Å². The Kier molecular flexibility index (Phi) is 11.0. The second-order valence-corrected chi connectivity index (χ2v) is 7.07. The summed E-state index contributed by atoms with van der Waals surface area (Å²) >= 11 is 0. The van der Waals surface area contributed by atoms with Crippen molar-refractivity contribution in [1.82, 2.24) is 0 Å². The summed E-state index contributed by atoms with van der Waals surface area (Å²) in [5.41, 5.74) is 12.8. The highest BCUT2D eigenvalue weighted by atomic mass is 16.6. The van der Waals surface area contributed by atoms with Gasteiger partial charge >= 0.3 is 0 Å². The molecule has 0 aliphatic heterocycles. The first-order chi connectivity index (χ1) is 14.9. The third kappa shape index (κ3) is 8.23. The molecule has 0 spiro atoms. The molecule has 0 aliphatic carbocycles. The van der Waals surface area contributed by atoms with Gasteiger partial charge in [-0.2, -0.15) is 10.5 Å². The second-order valence-electron chi connectivity index (χ2n) is 7.07. The van der Waals surface area contributed by atoms with E-state index >= 15 is 0 Å². The summed E-state index contributed by atoms with van der Waals surface area (Å²) in [6.07, 6.45) is 6.47. The number of nitrogens with zero attached hydrogens (tertiary/aromatic N) is 4. The maximum absolute atomic E-state index is 10.4. The number of non-ortho nitro benzene ring substituents is 1. The average Bonchev–Trinajstić information content (AvgIpc) is 2.77. The van der Waals surface area contributed by atoms with E-state index in [0.717, 1.165) is 30.9 Å². The third-order valence-corrected chi connectivity index (χ3v) is 4.65. The summed E-state index contributed by atoms with van der Waals surface area (Å²) in [5.74, 6) is 0. The van der Waals surface area contributed by atoms with Gasteiger partial charge in [-0.15, -0.1) is 0 Å². The standard InChI is InChI=1S/C15H26N2.C8H4N4O2/c1-3-5-6-7-13-17(12-4-2)15-10-8-14(16)9-11-15;9-3-5-1-7(12(13)14)2-6(4-10)8(5)11/h8-11H,3-7,12-13,16H2,1-2H3;1-2H,11H2. The Labute approximate surface area is 183 Å². The number of benzene rings is 2. The number of nitro groups is 1. The second kappa shape index (κ2) is 13.4. The fourth-order valence-electron chi connectivity index (χ4n) is 2.98. The van der Waals surface area contributed by atoms with Crippen molar-refractivity contribution in [2.45, 2.75) is 46.0 Å². The van der Waals surface area contributed by atoms with Gasteiger partial charge in [0.25, 0.3) is 5.69 Å². The fourth-order valence-corrected chi connectivity index (χ4v) is 2.98. The molecular weight excluding hydrogens is 392 g/mol. The van der Waals surface area contributed by atoms with Crippen LogP contribution >= 0.6 is 0 Å². The monoisotopic (exact) mass is 422 g/mol. The summed E-state index contributed by atoms with van der Waals surface area (Å²) < 4.78 is 0. The molecule has 2 rings (SSSR count). The van der Waals surface area contributed by atoms with Crippen molar-refractivity contribution in [3.05, 3.63) is 57.6 Å². The van der Waals surface area contributed by atoms with Crippen LogP contribution in [0.1, 0.15) is 57.1 Å². The number of hydrogen-bond donors (Lipinski definition) is 2. The Morgan fingerprint density at radius 1 is 0.935 bits per heavy atom. The van der Waals surface area contributed by atoms with Crippen LogP contribution in [0.4, 0.5) is 22.7 Å². The molecule has 0 heterocycles. The van der Waals surface area contributed by atoms with Crippen molar-refractivity contribution >= 4 is 22.7 Å². The van der Waals surface area contributed by atoms with Crippen LogP contribution in [-0.4, -0.2) is 18.0 Å². The lowest BCUT2D eigenvalue weighted by Crippen LogP contribution is -2.25. The molecule has 164 valence electrons. The van der Waals surface area contributed by atoms with Crippen molar-refractivity contribution in [2.24, 2.45) is 0 Å². The molecule has 0 aromatic heterocycles. The van der Waals surface area contributed by atoms with E-state index in [9.17, 15) is 10.1 Å². The van der Waals surface area contributed by atoms with Crippen molar-refractivity contribution in [2.75, 3.05) is 29.5 Å². The minimum Gasteiger partial charge on any atom is -0.399 e. The summed E-state index contributed by atoms with van der Waals surface area (Å²) in [4.78, 5) is 12.2. The number of nitriles is 2. The van der Waals surface area contributed by atoms with Crippen LogP contribution in [0.25, 0.3) is 0 Å². The topological polar surface area (TPSA) is 146 Å². The number of rotatable bonds is 9. The molecule has 0 aliphatic rings. The van der Waals surface area contributed by atoms with E-state index in [0.29, 0.717) is 0 Å². The SMILES string of the molecule is CCCCCCN(CCC)c1ccc(N)cc1.N#Cc1cc([N+](=O)[O-])cc(C#N)c1N. The molecule has 0 atom stereocenters. The highest BCUT2D eigenvalue weighted by Gasteiger charge is 2.14. The molecule has 0 bridgehead atoms. The Balaban J connectivity index is 0.000000316. The first kappa shape index (κ1) is 25.3. The summed E-state index contributed by atoms with van der Waals surface area (Å²) in [5, 5.41) is 27.6. The van der Waals surface area contributed by atoms with Gasteiger partial charge in [-0.1, -0.05) is 33.1 Å². The van der Waals surface area contributed by atoms with E-state index in [1.54, 1.807) is 12.1 Å². The van der Waals surface area contributed by atoms with Gasteiger partial charge < -0.3 is 16.4 Å². The van der Waals surface area contributed by atoms with Gasteiger partial charge in [-0.3, -0.25) is 10.1 Å². The van der Waals surface area contributed by atoms with Crippen LogP contribution in [0.2, 0.25) is 0 Å². The number of nitrogen functional groups attached to an aromatic ring is 2. The van der Waals surface area contributed by atoms with Crippen LogP contribution in [0.5, 0.6) is 0 Å². The minimum atomic E-state index is -0.679. The number of nitrogens with two attached hydrogens (primary N) is 2. The molecule has 0 fully saturated rings. The molecule has 2 aromatic carbocycles. The fraction of sp³-hybridized carbons (Fsp3) is 0.391. The van der Waals surface area contributed by atoms with E-state index < -0.39 is 4.92 Å². The average molecular weight is 423 g/mol. The molecule has 8 heteroatoms. The summed E-state index contributed by atoms with van der Waals surface area (Å²) in [7, 11) is 0. The quantitative estimate of drug-likeness (QED) is 0.250. The summed E-state index contributed by atoms with van der Waals surface area (Å²) in [6, 6.07) is 13.7. The molecular formula is C23H30N6O2. The van der Waals surface area contributed by atoms with E-state index in [-0.39, 0.29) is 22.5 Å². The number of nitro benzene ring substituents is 1. The predicted octanol–water partition coefficient (Wildman–Crippen LogP) is 4.99. The smallest absolute Gasteiger partial charge is 0.272 e. The molecule has 8 nitrogen and oxygen atoms in total. The Morgan fingerprint density at radius 2 is 1.52 bits per heavy atom. The predicted molar refractivity (Wildman–Crippen MR) is 124 cm³/mol. The largest absolute Gasteiger partial charge is 0.399 e. The lowest BCUT2D eigenvalue weighted by molar-refractivity contribution is -0.384. The third-order valence-electron chi connectivity index (χ3n) is 4.65. The zero-order chi connectivity index (χ0) is 23.2. The lowest BCUT2D eigenvalue weighted by atomic mass is 10.1. The first-order valence-electron chi connectivity index (χ1n) is 10.4. The van der Waals surface area contributed by atoms with E-state index in [2.05, 4.69) is 30.9 Å². The van der Waals surface area contributed by atoms with Gasteiger partial charge in [0.1, 0.15) is 12.1 Å². The van der Waals surface area contributed by atoms with Crippen LogP contribution < -0.4 is 16.4 Å². The van der Waals surface area contributed by atoms with Crippen molar-refractivity contribution in [1.29, 1.82) is 10.5 Å². The van der Waals surface area contributed by atoms with Gasteiger partial charge in [0, 0.05) is 36.6 Å². The first-order valence-corrected chi connectivity index (χ1v) is 10.4. The molecule has 0 amide bonds. The number of anilines is 3. The highest BCUT2D eigenvalue weighted by Crippen LogP contribution is 2.23. The summed E-state index contributed by atoms with van der Waals surface area (Å²) in [6.45, 7) is 6.79. The van der Waals surface area contributed by atoms with Gasteiger partial charge in [0.15, 0.2) is 0 Å². The Hall–Kier alpha value is -3.78. The molecule has 31 heavy (non-hydrogen) atoms. The van der Waals surface area contributed by atoms with Gasteiger partial charge in [-0.05, 0) is 37.1 Å². The molecule has 0 saturated heterocycles. The molecule has 0 radical (unpaired) electrons. The maximum atomic E-state index is 10.4. The number of hydrogen-bond acceptors (Lipinski definition) is 7. The molecule has 2 aromatic rings. The molecule has 0 unspecified atom stereocenters.